The van der Waals surface area contributed by atoms with Gasteiger partial charge in [0.2, 0.25) is 0 Å². The van der Waals surface area contributed by atoms with Crippen LogP contribution < -0.4 is 0 Å². The summed E-state index contributed by atoms with van der Waals surface area (Å²) in [6, 6.07) is 7.39. The molecule has 0 N–H and O–H groups in total. The second-order valence-corrected chi connectivity index (χ2v) is 4.07. The van der Waals surface area contributed by atoms with Crippen molar-refractivity contribution in [1.29, 1.82) is 0 Å². The summed E-state index contributed by atoms with van der Waals surface area (Å²) in [5, 5.41) is 0. The van der Waals surface area contributed by atoms with Crippen LogP contribution in [-0.2, 0) is 14.3 Å². The van der Waals surface area contributed by atoms with Gasteiger partial charge in [0.25, 0.3) is 0 Å². The van der Waals surface area contributed by atoms with E-state index in [1.807, 2.05) is 19.1 Å². The quantitative estimate of drug-likeness (QED) is 0.455. The van der Waals surface area contributed by atoms with Gasteiger partial charge in [0.15, 0.2) is 6.29 Å². The molecule has 1 rings (SSSR count). The number of carbonyl (C=O) groups is 2. The van der Waals surface area contributed by atoms with Gasteiger partial charge in [-0.1, -0.05) is 29.8 Å². The fourth-order valence-corrected chi connectivity index (χ4v) is 1.32. The molecule has 0 saturated heterocycles. The predicted octanol–water partition coefficient (Wildman–Crippen LogP) is 2.53. The van der Waals surface area contributed by atoms with E-state index in [1.54, 1.807) is 26.0 Å². The van der Waals surface area contributed by atoms with Crippen molar-refractivity contribution in [3.05, 3.63) is 41.5 Å². The molecular weight excluding hydrogens is 216 g/mol. The molecule has 0 spiro atoms. The van der Waals surface area contributed by atoms with Gasteiger partial charge in [0.05, 0.1) is 6.10 Å². The molecule has 0 bridgehead atoms. The molecule has 0 aliphatic rings. The molecule has 0 unspecified atom stereocenters. The van der Waals surface area contributed by atoms with Crippen LogP contribution in [-0.4, -0.2) is 18.4 Å². The van der Waals surface area contributed by atoms with Gasteiger partial charge in [-0.15, -0.1) is 0 Å². The Bertz CT molecular complexity index is 427. The zero-order chi connectivity index (χ0) is 12.8. The lowest BCUT2D eigenvalue weighted by Gasteiger charge is -2.05. The van der Waals surface area contributed by atoms with Crippen molar-refractivity contribution in [3.63, 3.8) is 0 Å². The highest BCUT2D eigenvalue weighted by atomic mass is 16.5. The van der Waals surface area contributed by atoms with Crippen LogP contribution in [0, 0.1) is 6.92 Å². The average Bonchev–Trinajstić information content (AvgIpc) is 2.26. The molecule has 17 heavy (non-hydrogen) atoms. The van der Waals surface area contributed by atoms with E-state index in [0.717, 1.165) is 5.56 Å². The van der Waals surface area contributed by atoms with Crippen LogP contribution in [0.5, 0.6) is 0 Å². The minimum absolute atomic E-state index is 0.190. The first-order chi connectivity index (χ1) is 8.02. The summed E-state index contributed by atoms with van der Waals surface area (Å²) in [4.78, 5) is 22.3. The Balaban J connectivity index is 2.91. The van der Waals surface area contributed by atoms with E-state index in [-0.39, 0.29) is 6.10 Å². The molecule has 0 aliphatic carbocycles. The van der Waals surface area contributed by atoms with E-state index < -0.39 is 5.97 Å². The number of aryl methyl sites for hydroxylation is 1. The number of allylic oxidation sites excluding steroid dienone is 1. The van der Waals surface area contributed by atoms with Crippen molar-refractivity contribution >= 4 is 17.8 Å². The highest BCUT2D eigenvalue weighted by molar-refractivity contribution is 6.12. The number of rotatable bonds is 4. The molecule has 3 heteroatoms. The zero-order valence-corrected chi connectivity index (χ0v) is 10.3. The highest BCUT2D eigenvalue weighted by Crippen LogP contribution is 2.13. The molecule has 3 nitrogen and oxygen atoms in total. The summed E-state index contributed by atoms with van der Waals surface area (Å²) in [5.74, 6) is -0.498. The topological polar surface area (TPSA) is 43.4 Å². The lowest BCUT2D eigenvalue weighted by molar-refractivity contribution is -0.141. The predicted molar refractivity (Wildman–Crippen MR) is 66.4 cm³/mol. The average molecular weight is 232 g/mol. The van der Waals surface area contributed by atoms with Gasteiger partial charge < -0.3 is 4.74 Å². The first kappa shape index (κ1) is 13.2. The lowest BCUT2D eigenvalue weighted by atomic mass is 10.1. The van der Waals surface area contributed by atoms with Gasteiger partial charge in [0.1, 0.15) is 0 Å². The Kier molecular flexibility index (Phi) is 4.64. The van der Waals surface area contributed by atoms with Gasteiger partial charge in [-0.3, -0.25) is 4.79 Å². The molecule has 0 aliphatic heterocycles. The Morgan fingerprint density at radius 1 is 1.24 bits per heavy atom. The van der Waals surface area contributed by atoms with E-state index >= 15 is 0 Å². The van der Waals surface area contributed by atoms with Gasteiger partial charge in [-0.25, -0.2) is 4.79 Å². The van der Waals surface area contributed by atoms with Crippen LogP contribution in [0.15, 0.2) is 30.3 Å². The summed E-state index contributed by atoms with van der Waals surface area (Å²) < 4.78 is 4.95. The van der Waals surface area contributed by atoms with Gasteiger partial charge in [-0.05, 0) is 26.3 Å². The standard InChI is InChI=1S/C14H16O3/c1-10(2)17-14(16)8-13(9-15)12-6-4-11(3)5-7-12/h4-10H,1-3H3/b13-8-. The van der Waals surface area contributed by atoms with E-state index in [2.05, 4.69) is 0 Å². The number of hydrogen-bond donors (Lipinski definition) is 0. The molecule has 0 atom stereocenters. The molecule has 90 valence electrons. The maximum atomic E-state index is 11.4. The summed E-state index contributed by atoms with van der Waals surface area (Å²) in [6.45, 7) is 5.48. The minimum atomic E-state index is -0.498. The van der Waals surface area contributed by atoms with Gasteiger partial charge in [0, 0.05) is 11.6 Å². The third kappa shape index (κ3) is 4.23. The molecular formula is C14H16O3. The van der Waals surface area contributed by atoms with E-state index in [1.165, 1.54) is 6.08 Å². The highest BCUT2D eigenvalue weighted by Gasteiger charge is 2.06. The molecule has 0 aromatic heterocycles. The van der Waals surface area contributed by atoms with E-state index in [9.17, 15) is 9.59 Å². The van der Waals surface area contributed by atoms with Crippen molar-refractivity contribution in [1.82, 2.24) is 0 Å². The number of benzene rings is 1. The van der Waals surface area contributed by atoms with Crippen molar-refractivity contribution in [2.75, 3.05) is 0 Å². The normalized spacial score (nSPS) is 11.4. The Labute approximate surface area is 101 Å². The second kappa shape index (κ2) is 5.99. The molecule has 0 amide bonds. The minimum Gasteiger partial charge on any atom is -0.460 e. The fourth-order valence-electron chi connectivity index (χ4n) is 1.32. The number of esters is 1. The first-order valence-corrected chi connectivity index (χ1v) is 5.47. The monoisotopic (exact) mass is 232 g/mol. The summed E-state index contributed by atoms with van der Waals surface area (Å²) in [5.41, 5.74) is 2.14. The van der Waals surface area contributed by atoms with E-state index in [4.69, 9.17) is 4.74 Å². The van der Waals surface area contributed by atoms with Gasteiger partial charge in [-0.2, -0.15) is 0 Å². The zero-order valence-electron chi connectivity index (χ0n) is 10.3. The van der Waals surface area contributed by atoms with Gasteiger partial charge >= 0.3 is 5.97 Å². The molecule has 0 heterocycles. The first-order valence-electron chi connectivity index (χ1n) is 5.47. The maximum absolute atomic E-state index is 11.4. The Hall–Kier alpha value is -1.90. The van der Waals surface area contributed by atoms with Crippen molar-refractivity contribution in [2.24, 2.45) is 0 Å². The number of ether oxygens (including phenoxy) is 1. The smallest absolute Gasteiger partial charge is 0.331 e. The molecule has 0 fully saturated rings. The summed E-state index contributed by atoms with van der Waals surface area (Å²) >= 11 is 0. The van der Waals surface area contributed by atoms with E-state index in [0.29, 0.717) is 17.4 Å². The summed E-state index contributed by atoms with van der Waals surface area (Å²) in [6.07, 6.45) is 1.69. The number of carbonyl (C=O) groups excluding carboxylic acids is 2. The lowest BCUT2D eigenvalue weighted by Crippen LogP contribution is -2.09. The van der Waals surface area contributed by atoms with Crippen molar-refractivity contribution in [3.8, 4) is 0 Å². The third-order valence-electron chi connectivity index (χ3n) is 2.14. The van der Waals surface area contributed by atoms with Crippen LogP contribution >= 0.6 is 0 Å². The maximum Gasteiger partial charge on any atom is 0.331 e. The third-order valence-corrected chi connectivity index (χ3v) is 2.14. The number of aldehydes is 1. The molecule has 0 radical (unpaired) electrons. The fraction of sp³-hybridized carbons (Fsp3) is 0.286. The van der Waals surface area contributed by atoms with Crippen LogP contribution in [0.1, 0.15) is 25.0 Å². The Morgan fingerprint density at radius 3 is 2.29 bits per heavy atom. The van der Waals surface area contributed by atoms with Crippen LogP contribution in [0.2, 0.25) is 0 Å². The SMILES string of the molecule is Cc1ccc(/C(C=O)=C\C(=O)OC(C)C)cc1. The molecule has 1 aromatic carbocycles. The summed E-state index contributed by atoms with van der Waals surface area (Å²) in [7, 11) is 0. The van der Waals surface area contributed by atoms with Crippen molar-refractivity contribution in [2.45, 2.75) is 26.9 Å². The molecule has 1 aromatic rings. The van der Waals surface area contributed by atoms with Crippen LogP contribution in [0.4, 0.5) is 0 Å². The van der Waals surface area contributed by atoms with Crippen molar-refractivity contribution < 1.29 is 14.3 Å². The van der Waals surface area contributed by atoms with Crippen LogP contribution in [0.25, 0.3) is 5.57 Å². The molecule has 0 saturated carbocycles. The second-order valence-electron chi connectivity index (χ2n) is 4.07. The van der Waals surface area contributed by atoms with Crippen LogP contribution in [0.3, 0.4) is 0 Å². The largest absolute Gasteiger partial charge is 0.460 e. The Morgan fingerprint density at radius 2 is 1.82 bits per heavy atom. The number of hydrogen-bond acceptors (Lipinski definition) is 3.